The molecule has 6 nitrogen and oxygen atoms in total. The molecular formula is C25H30FN3O3S. The van der Waals surface area contributed by atoms with Gasteiger partial charge < -0.3 is 9.47 Å². The van der Waals surface area contributed by atoms with Gasteiger partial charge in [0.1, 0.15) is 10.7 Å². The quantitative estimate of drug-likeness (QED) is 0.550. The highest BCUT2D eigenvalue weighted by Gasteiger charge is 2.25. The van der Waals surface area contributed by atoms with Crippen molar-refractivity contribution in [2.45, 2.75) is 36.5 Å². The number of aromatic nitrogens is 1. The summed E-state index contributed by atoms with van der Waals surface area (Å²) in [5, 5.41) is 0.0645. The van der Waals surface area contributed by atoms with Crippen molar-refractivity contribution in [3.8, 4) is 0 Å². The molecule has 2 aromatic carbocycles. The van der Waals surface area contributed by atoms with Crippen molar-refractivity contribution in [1.82, 2.24) is 9.47 Å². The number of halogens is 1. The van der Waals surface area contributed by atoms with Gasteiger partial charge in [-0.05, 0) is 49.2 Å². The van der Waals surface area contributed by atoms with Gasteiger partial charge >= 0.3 is 0 Å². The first-order chi connectivity index (χ1) is 15.8. The van der Waals surface area contributed by atoms with Crippen molar-refractivity contribution in [1.29, 1.82) is 0 Å². The van der Waals surface area contributed by atoms with Gasteiger partial charge in [0.2, 0.25) is 15.3 Å². The van der Waals surface area contributed by atoms with E-state index in [0.717, 1.165) is 38.0 Å². The molecule has 3 aromatic rings. The monoisotopic (exact) mass is 471 g/mol. The second-order valence-electron chi connectivity index (χ2n) is 8.58. The fourth-order valence-electron chi connectivity index (χ4n) is 4.45. The van der Waals surface area contributed by atoms with Crippen LogP contribution in [0.5, 0.6) is 0 Å². The first-order valence-electron chi connectivity index (χ1n) is 11.4. The lowest BCUT2D eigenvalue weighted by Crippen LogP contribution is -2.46. The largest absolute Gasteiger partial charge is 0.367 e. The highest BCUT2D eigenvalue weighted by atomic mass is 32.2. The van der Waals surface area contributed by atoms with Gasteiger partial charge in [-0.25, -0.2) is 12.8 Å². The van der Waals surface area contributed by atoms with Crippen LogP contribution in [-0.4, -0.2) is 50.6 Å². The minimum absolute atomic E-state index is 0.0539. The van der Waals surface area contributed by atoms with Crippen LogP contribution in [0.4, 0.5) is 10.1 Å². The van der Waals surface area contributed by atoms with E-state index in [0.29, 0.717) is 24.3 Å². The molecule has 0 atom stereocenters. The number of piperazine rings is 1. The number of hydrogen-bond acceptors (Lipinski definition) is 5. The van der Waals surface area contributed by atoms with Crippen LogP contribution in [0.25, 0.3) is 10.9 Å². The Hall–Kier alpha value is -2.71. The smallest absolute Gasteiger partial charge is 0.211 e. The minimum atomic E-state index is -4.04. The van der Waals surface area contributed by atoms with Crippen LogP contribution in [0, 0.1) is 5.82 Å². The molecule has 8 heteroatoms. The number of nitrogens with zero attached hydrogens (tertiary/aromatic N) is 3. The minimum Gasteiger partial charge on any atom is -0.367 e. The van der Waals surface area contributed by atoms with Crippen LogP contribution in [0.2, 0.25) is 0 Å². The highest BCUT2D eigenvalue weighted by Crippen LogP contribution is 2.28. The molecule has 0 radical (unpaired) electrons. The summed E-state index contributed by atoms with van der Waals surface area (Å²) < 4.78 is 43.2. The molecule has 1 aliphatic heterocycles. The fraction of sp³-hybridized carbons (Fsp3) is 0.400. The Kier molecular flexibility index (Phi) is 6.59. The van der Waals surface area contributed by atoms with Gasteiger partial charge in [-0.15, -0.1) is 0 Å². The zero-order chi connectivity index (χ0) is 23.8. The topological polar surface area (TPSA) is 62.6 Å². The van der Waals surface area contributed by atoms with Crippen LogP contribution < -0.4 is 10.3 Å². The second kappa shape index (κ2) is 9.27. The molecule has 0 saturated carbocycles. The number of sulfone groups is 1. The lowest BCUT2D eigenvalue weighted by Gasteiger charge is -2.36. The standard InChI is InChI=1S/C25H30FN3O3S/c1-4-10-28-11-13-29(14-12-28)23-16-22-20(15-21(23)26)25(30)24(17-27(22)3)33(31,32)19-8-6-18(5-2)7-9-19/h6-9,15-17H,4-5,10-14H2,1-3H3. The maximum Gasteiger partial charge on any atom is 0.211 e. The summed E-state index contributed by atoms with van der Waals surface area (Å²) in [6.45, 7) is 8.28. The van der Waals surface area contributed by atoms with Gasteiger partial charge in [-0.1, -0.05) is 26.0 Å². The van der Waals surface area contributed by atoms with Crippen LogP contribution in [-0.2, 0) is 23.3 Å². The normalized spacial score (nSPS) is 15.3. The molecule has 33 heavy (non-hydrogen) atoms. The van der Waals surface area contributed by atoms with E-state index in [-0.39, 0.29) is 15.2 Å². The molecule has 1 aliphatic rings. The third kappa shape index (κ3) is 4.42. The molecule has 1 saturated heterocycles. The van der Waals surface area contributed by atoms with Crippen molar-refractivity contribution in [3.05, 3.63) is 64.2 Å². The molecule has 176 valence electrons. The van der Waals surface area contributed by atoms with E-state index in [9.17, 15) is 13.2 Å². The maximum atomic E-state index is 15.1. The van der Waals surface area contributed by atoms with E-state index in [1.807, 2.05) is 11.8 Å². The summed E-state index contributed by atoms with van der Waals surface area (Å²) in [6.07, 6.45) is 3.21. The third-order valence-electron chi connectivity index (χ3n) is 6.41. The Morgan fingerprint density at radius 2 is 1.67 bits per heavy atom. The molecule has 0 bridgehead atoms. The Labute approximate surface area is 194 Å². The number of benzene rings is 2. The second-order valence-corrected chi connectivity index (χ2v) is 10.5. The SMILES string of the molecule is CCCN1CCN(c2cc3c(cc2F)c(=O)c(S(=O)(=O)c2ccc(CC)cc2)cn3C)CC1. The van der Waals surface area contributed by atoms with Gasteiger partial charge in [0, 0.05) is 39.4 Å². The van der Waals surface area contributed by atoms with E-state index in [2.05, 4.69) is 11.8 Å². The lowest BCUT2D eigenvalue weighted by atomic mass is 10.1. The highest BCUT2D eigenvalue weighted by molar-refractivity contribution is 7.91. The van der Waals surface area contributed by atoms with Crippen molar-refractivity contribution in [2.24, 2.45) is 7.05 Å². The lowest BCUT2D eigenvalue weighted by molar-refractivity contribution is 0.258. The summed E-state index contributed by atoms with van der Waals surface area (Å²) in [7, 11) is -2.35. The van der Waals surface area contributed by atoms with E-state index >= 15 is 4.39 Å². The predicted octanol–water partition coefficient (Wildman–Crippen LogP) is 3.60. The van der Waals surface area contributed by atoms with E-state index in [1.54, 1.807) is 29.8 Å². The van der Waals surface area contributed by atoms with Crippen LogP contribution in [0.3, 0.4) is 0 Å². The first kappa shape index (κ1) is 23.4. The number of rotatable bonds is 6. The van der Waals surface area contributed by atoms with Gasteiger partial charge in [0.05, 0.1) is 21.5 Å². The molecule has 0 amide bonds. The maximum absolute atomic E-state index is 15.1. The van der Waals surface area contributed by atoms with Gasteiger partial charge in [0.15, 0.2) is 0 Å². The van der Waals surface area contributed by atoms with Crippen molar-refractivity contribution in [2.75, 3.05) is 37.6 Å². The molecular weight excluding hydrogens is 441 g/mol. The number of fused-ring (bicyclic) bond motifs is 1. The van der Waals surface area contributed by atoms with Crippen LogP contribution in [0.15, 0.2) is 57.2 Å². The van der Waals surface area contributed by atoms with E-state index in [1.165, 1.54) is 24.4 Å². The molecule has 4 rings (SSSR count). The summed E-state index contributed by atoms with van der Waals surface area (Å²) >= 11 is 0. The zero-order valence-corrected chi connectivity index (χ0v) is 20.2. The molecule has 0 spiro atoms. The van der Waals surface area contributed by atoms with E-state index < -0.39 is 21.1 Å². The van der Waals surface area contributed by atoms with Crippen molar-refractivity contribution in [3.63, 3.8) is 0 Å². The molecule has 0 aliphatic carbocycles. The van der Waals surface area contributed by atoms with Gasteiger partial charge in [0.25, 0.3) is 0 Å². The van der Waals surface area contributed by atoms with E-state index in [4.69, 9.17) is 0 Å². The van der Waals surface area contributed by atoms with Gasteiger partial charge in [-0.3, -0.25) is 9.69 Å². The third-order valence-corrected chi connectivity index (χ3v) is 8.17. The average molecular weight is 472 g/mol. The fourth-order valence-corrected chi connectivity index (χ4v) is 5.85. The Balaban J connectivity index is 1.75. The summed E-state index contributed by atoms with van der Waals surface area (Å²) in [6, 6.07) is 9.35. The van der Waals surface area contributed by atoms with Gasteiger partial charge in [-0.2, -0.15) is 0 Å². The zero-order valence-electron chi connectivity index (χ0n) is 19.3. The number of aryl methyl sites for hydroxylation is 2. The molecule has 0 N–H and O–H groups in total. The number of hydrogen-bond donors (Lipinski definition) is 0. The summed E-state index contributed by atoms with van der Waals surface area (Å²) in [5.74, 6) is -0.509. The molecule has 0 unspecified atom stereocenters. The molecule has 1 aromatic heterocycles. The van der Waals surface area contributed by atoms with Crippen molar-refractivity contribution < 1.29 is 12.8 Å². The Morgan fingerprint density at radius 1 is 1.00 bits per heavy atom. The first-order valence-corrected chi connectivity index (χ1v) is 12.9. The average Bonchev–Trinajstić information content (AvgIpc) is 2.82. The Morgan fingerprint density at radius 3 is 2.27 bits per heavy atom. The molecule has 1 fully saturated rings. The van der Waals surface area contributed by atoms with Crippen LogP contribution >= 0.6 is 0 Å². The summed E-state index contributed by atoms with van der Waals surface area (Å²) in [4.78, 5) is 17.3. The number of pyridine rings is 1. The predicted molar refractivity (Wildman–Crippen MR) is 129 cm³/mol. The van der Waals surface area contributed by atoms with Crippen LogP contribution in [0.1, 0.15) is 25.8 Å². The Bertz CT molecular complexity index is 1330. The van der Waals surface area contributed by atoms with Crippen molar-refractivity contribution >= 4 is 26.4 Å². The number of anilines is 1. The molecule has 2 heterocycles. The summed E-state index contributed by atoms with van der Waals surface area (Å²) in [5.41, 5.74) is 1.28.